The Morgan fingerprint density at radius 2 is 1.69 bits per heavy atom. The van der Waals surface area contributed by atoms with Crippen LogP contribution in [-0.4, -0.2) is 32.5 Å². The molecule has 6 rings (SSSR count). The molecule has 0 spiro atoms. The molecule has 0 unspecified atom stereocenters. The first-order chi connectivity index (χ1) is 17.2. The molecule has 5 aromatic rings. The maximum Gasteiger partial charge on any atom is 0.0949 e. The van der Waals surface area contributed by atoms with Crippen molar-refractivity contribution in [1.29, 1.82) is 0 Å². The van der Waals surface area contributed by atoms with Crippen LogP contribution in [0.2, 0.25) is 5.02 Å². The molecule has 1 fully saturated rings. The Bertz CT molecular complexity index is 1450. The van der Waals surface area contributed by atoms with Gasteiger partial charge >= 0.3 is 0 Å². The molecular weight excluding hydrogens is 452 g/mol. The summed E-state index contributed by atoms with van der Waals surface area (Å²) in [7, 11) is 0. The van der Waals surface area contributed by atoms with E-state index in [1.807, 2.05) is 37.1 Å². The SMILES string of the molecule is Clc1ccc2c(-c3c(Cn4ccnc4)cccc3-c3ccc(CN4CCCC4)cc3)ccnc2c1. The highest BCUT2D eigenvalue weighted by atomic mass is 35.5. The van der Waals surface area contributed by atoms with Gasteiger partial charge in [0.05, 0.1) is 11.8 Å². The van der Waals surface area contributed by atoms with Crippen LogP contribution in [0.5, 0.6) is 0 Å². The van der Waals surface area contributed by atoms with E-state index in [4.69, 9.17) is 11.6 Å². The maximum atomic E-state index is 6.29. The van der Waals surface area contributed by atoms with Gasteiger partial charge in [0, 0.05) is 42.1 Å². The van der Waals surface area contributed by atoms with Gasteiger partial charge in [-0.15, -0.1) is 0 Å². The molecular formula is C30H27ClN4. The Hall–Kier alpha value is -3.47. The molecule has 0 saturated carbocycles. The zero-order valence-electron chi connectivity index (χ0n) is 19.6. The van der Waals surface area contributed by atoms with Gasteiger partial charge in [0.1, 0.15) is 0 Å². The van der Waals surface area contributed by atoms with E-state index < -0.39 is 0 Å². The lowest BCUT2D eigenvalue weighted by Gasteiger charge is -2.19. The standard InChI is InChI=1S/C30H27ClN4/c31-25-10-11-27-28(12-13-33-29(27)18-25)30-24(20-35-17-14-32-21-35)4-3-5-26(30)23-8-6-22(7-9-23)19-34-15-1-2-16-34/h3-14,17-18,21H,1-2,15-16,19-20H2. The molecule has 0 aliphatic carbocycles. The van der Waals surface area contributed by atoms with Gasteiger partial charge in [0.2, 0.25) is 0 Å². The number of nitrogens with zero attached hydrogens (tertiary/aromatic N) is 4. The van der Waals surface area contributed by atoms with E-state index in [0.717, 1.165) is 24.0 Å². The minimum atomic E-state index is 0.697. The fourth-order valence-electron chi connectivity index (χ4n) is 5.20. The molecule has 174 valence electrons. The number of aromatic nitrogens is 3. The zero-order valence-corrected chi connectivity index (χ0v) is 20.3. The number of rotatable bonds is 6. The number of likely N-dealkylation sites (tertiary alicyclic amines) is 1. The Morgan fingerprint density at radius 3 is 2.49 bits per heavy atom. The predicted octanol–water partition coefficient (Wildman–Crippen LogP) is 7.06. The molecule has 0 radical (unpaired) electrons. The second-order valence-electron chi connectivity index (χ2n) is 9.27. The first kappa shape index (κ1) is 22.0. The van der Waals surface area contributed by atoms with Crippen molar-refractivity contribution in [3.63, 3.8) is 0 Å². The van der Waals surface area contributed by atoms with E-state index in [0.29, 0.717) is 5.02 Å². The van der Waals surface area contributed by atoms with E-state index in [1.54, 1.807) is 0 Å². The third kappa shape index (κ3) is 4.60. The summed E-state index contributed by atoms with van der Waals surface area (Å²) in [4.78, 5) is 11.4. The van der Waals surface area contributed by atoms with Crippen molar-refractivity contribution in [2.75, 3.05) is 13.1 Å². The van der Waals surface area contributed by atoms with Crippen LogP contribution in [0.1, 0.15) is 24.0 Å². The molecule has 0 N–H and O–H groups in total. The zero-order chi connectivity index (χ0) is 23.6. The lowest BCUT2D eigenvalue weighted by Crippen LogP contribution is -2.18. The Labute approximate surface area is 210 Å². The molecule has 0 amide bonds. The monoisotopic (exact) mass is 478 g/mol. The average Bonchev–Trinajstić information content (AvgIpc) is 3.59. The number of hydrogen-bond acceptors (Lipinski definition) is 3. The summed E-state index contributed by atoms with van der Waals surface area (Å²) in [6, 6.07) is 23.8. The summed E-state index contributed by atoms with van der Waals surface area (Å²) < 4.78 is 2.11. The van der Waals surface area contributed by atoms with Crippen LogP contribution >= 0.6 is 11.6 Å². The Balaban J connectivity index is 1.48. The van der Waals surface area contributed by atoms with Crippen LogP contribution in [0.15, 0.2) is 91.6 Å². The van der Waals surface area contributed by atoms with Gasteiger partial charge in [-0.25, -0.2) is 4.98 Å². The number of imidazole rings is 1. The topological polar surface area (TPSA) is 34.0 Å². The van der Waals surface area contributed by atoms with Gasteiger partial charge in [0.15, 0.2) is 0 Å². The van der Waals surface area contributed by atoms with E-state index in [2.05, 4.69) is 74.0 Å². The van der Waals surface area contributed by atoms with Crippen LogP contribution in [-0.2, 0) is 13.1 Å². The smallest absolute Gasteiger partial charge is 0.0949 e. The second-order valence-corrected chi connectivity index (χ2v) is 9.71. The average molecular weight is 479 g/mol. The molecule has 0 atom stereocenters. The summed E-state index contributed by atoms with van der Waals surface area (Å²) in [5, 5.41) is 1.80. The molecule has 1 saturated heterocycles. The van der Waals surface area contributed by atoms with Crippen LogP contribution in [0.25, 0.3) is 33.2 Å². The molecule has 5 heteroatoms. The third-order valence-electron chi connectivity index (χ3n) is 6.91. The quantitative estimate of drug-likeness (QED) is 0.262. The van der Waals surface area contributed by atoms with Crippen molar-refractivity contribution in [1.82, 2.24) is 19.4 Å². The second kappa shape index (κ2) is 9.65. The van der Waals surface area contributed by atoms with Gasteiger partial charge in [-0.3, -0.25) is 9.88 Å². The fraction of sp³-hybridized carbons (Fsp3) is 0.200. The van der Waals surface area contributed by atoms with Gasteiger partial charge in [-0.05, 0) is 77.5 Å². The summed E-state index contributed by atoms with van der Waals surface area (Å²) in [6.07, 6.45) is 10.2. The van der Waals surface area contributed by atoms with Crippen molar-refractivity contribution in [3.05, 3.63) is 108 Å². The predicted molar refractivity (Wildman–Crippen MR) is 143 cm³/mol. The van der Waals surface area contributed by atoms with Gasteiger partial charge in [0.25, 0.3) is 0 Å². The van der Waals surface area contributed by atoms with E-state index in [-0.39, 0.29) is 0 Å². The normalized spacial score (nSPS) is 14.1. The molecule has 1 aliphatic heterocycles. The van der Waals surface area contributed by atoms with E-state index in [9.17, 15) is 0 Å². The summed E-state index contributed by atoms with van der Waals surface area (Å²) in [6.45, 7) is 4.19. The Kier molecular flexibility index (Phi) is 6.07. The molecule has 2 aromatic heterocycles. The van der Waals surface area contributed by atoms with Crippen LogP contribution in [0, 0.1) is 0 Å². The highest BCUT2D eigenvalue weighted by Gasteiger charge is 2.17. The maximum absolute atomic E-state index is 6.29. The largest absolute Gasteiger partial charge is 0.333 e. The fourth-order valence-corrected chi connectivity index (χ4v) is 5.36. The van der Waals surface area contributed by atoms with Crippen LogP contribution < -0.4 is 0 Å². The minimum Gasteiger partial charge on any atom is -0.333 e. The molecule has 35 heavy (non-hydrogen) atoms. The number of hydrogen-bond donors (Lipinski definition) is 0. The highest BCUT2D eigenvalue weighted by molar-refractivity contribution is 6.31. The van der Waals surface area contributed by atoms with Crippen molar-refractivity contribution in [3.8, 4) is 22.3 Å². The molecule has 4 nitrogen and oxygen atoms in total. The minimum absolute atomic E-state index is 0.697. The highest BCUT2D eigenvalue weighted by Crippen LogP contribution is 2.39. The summed E-state index contributed by atoms with van der Waals surface area (Å²) in [5.41, 5.74) is 8.34. The van der Waals surface area contributed by atoms with Crippen molar-refractivity contribution >= 4 is 22.5 Å². The first-order valence-corrected chi connectivity index (χ1v) is 12.6. The molecule has 3 aromatic carbocycles. The molecule has 0 bridgehead atoms. The van der Waals surface area contributed by atoms with Crippen LogP contribution in [0.4, 0.5) is 0 Å². The summed E-state index contributed by atoms with van der Waals surface area (Å²) in [5.74, 6) is 0. The molecule has 3 heterocycles. The number of halogens is 1. The third-order valence-corrected chi connectivity index (χ3v) is 7.14. The van der Waals surface area contributed by atoms with Gasteiger partial charge in [-0.2, -0.15) is 0 Å². The van der Waals surface area contributed by atoms with Crippen molar-refractivity contribution in [2.24, 2.45) is 0 Å². The van der Waals surface area contributed by atoms with Crippen molar-refractivity contribution in [2.45, 2.75) is 25.9 Å². The lowest BCUT2D eigenvalue weighted by atomic mass is 9.88. The first-order valence-electron chi connectivity index (χ1n) is 12.2. The van der Waals surface area contributed by atoms with E-state index in [1.165, 1.54) is 59.3 Å². The van der Waals surface area contributed by atoms with Gasteiger partial charge in [-0.1, -0.05) is 60.1 Å². The summed E-state index contributed by atoms with van der Waals surface area (Å²) >= 11 is 6.29. The number of fused-ring (bicyclic) bond motifs is 1. The molecule has 1 aliphatic rings. The number of benzene rings is 3. The Morgan fingerprint density at radius 1 is 0.829 bits per heavy atom. The number of pyridine rings is 1. The van der Waals surface area contributed by atoms with Gasteiger partial charge < -0.3 is 4.57 Å². The van der Waals surface area contributed by atoms with Crippen molar-refractivity contribution < 1.29 is 0 Å². The van der Waals surface area contributed by atoms with E-state index >= 15 is 0 Å². The van der Waals surface area contributed by atoms with Crippen LogP contribution in [0.3, 0.4) is 0 Å². The lowest BCUT2D eigenvalue weighted by molar-refractivity contribution is 0.331.